The molecule has 0 aromatic heterocycles. The molecule has 0 amide bonds. The molecule has 3 N–H and O–H groups in total. The second kappa shape index (κ2) is 56.1. The van der Waals surface area contributed by atoms with Gasteiger partial charge in [0, 0.05) is 25.7 Å². The molecule has 0 rings (SSSR count). The first-order valence-corrected chi connectivity index (χ1v) is 37.2. The van der Waals surface area contributed by atoms with E-state index in [1.165, 1.54) is 116 Å². The quantitative estimate of drug-likeness (QED) is 0.0222. The van der Waals surface area contributed by atoms with E-state index < -0.39 is 97.5 Å². The first-order valence-electron chi connectivity index (χ1n) is 34.2. The SMILES string of the molecule is CCC(C)CCCCCCCCC(=O)OC[C@H](COP(=O)(O)OC[C@H](O)COP(=O)(O)OC[C@@H](COC(=O)CCCCCCCCCCC(C)C)OC(=O)CCCCCCCCC(C)C)OC(=O)CCCCCCCCCCCCCCC(C)C. The molecule has 85 heavy (non-hydrogen) atoms. The number of esters is 4. The summed E-state index contributed by atoms with van der Waals surface area (Å²) in [5.41, 5.74) is 0. The maximum Gasteiger partial charge on any atom is 0.472 e. The van der Waals surface area contributed by atoms with Gasteiger partial charge in [0.25, 0.3) is 0 Å². The molecule has 504 valence electrons. The van der Waals surface area contributed by atoms with Gasteiger partial charge in [-0.05, 0) is 49.4 Å². The standard InChI is InChI=1S/C66H128O17P2/c1-9-59(8)45-37-29-23-25-31-39-47-64(69)77-53-61(82-65(70)48-40-32-21-15-13-11-10-12-14-18-26-34-42-56(2)3)54-80-84(72,73)78-50-60(67)51-79-85(74,75)81-55-62(83-66(71)49-41-33-24-22-28-36-44-58(6)7)52-76-63(68)46-38-30-20-17-16-19-27-35-43-57(4)5/h56-62,67H,9-55H2,1-8H3,(H,72,73)(H,74,75)/t59?,60-,61+,62+/m0/s1. The molecule has 0 aliphatic rings. The summed E-state index contributed by atoms with van der Waals surface area (Å²) >= 11 is 0. The molecule has 3 unspecified atom stereocenters. The van der Waals surface area contributed by atoms with Gasteiger partial charge in [0.1, 0.15) is 19.3 Å². The molecule has 0 saturated carbocycles. The van der Waals surface area contributed by atoms with E-state index in [0.717, 1.165) is 114 Å². The summed E-state index contributed by atoms with van der Waals surface area (Å²) in [4.78, 5) is 72.3. The predicted octanol–water partition coefficient (Wildman–Crippen LogP) is 18.1. The summed E-state index contributed by atoms with van der Waals surface area (Å²) < 4.78 is 68.0. The highest BCUT2D eigenvalue weighted by Gasteiger charge is 2.30. The van der Waals surface area contributed by atoms with Crippen LogP contribution < -0.4 is 0 Å². The van der Waals surface area contributed by atoms with Crippen molar-refractivity contribution in [3.05, 3.63) is 0 Å². The number of rotatable bonds is 63. The Bertz CT molecular complexity index is 1700. The Kier molecular flexibility index (Phi) is 54.8. The number of phosphoric ester groups is 2. The lowest BCUT2D eigenvalue weighted by atomic mass is 10.00. The molecule has 17 nitrogen and oxygen atoms in total. The van der Waals surface area contributed by atoms with E-state index in [4.69, 9.17) is 37.0 Å². The average Bonchev–Trinajstić information content (AvgIpc) is 3.51. The van der Waals surface area contributed by atoms with Gasteiger partial charge in [-0.2, -0.15) is 0 Å². The molecular weight excluding hydrogens is 1130 g/mol. The lowest BCUT2D eigenvalue weighted by Crippen LogP contribution is -2.30. The van der Waals surface area contributed by atoms with Crippen molar-refractivity contribution in [2.24, 2.45) is 23.7 Å². The summed E-state index contributed by atoms with van der Waals surface area (Å²) in [5.74, 6) is 0.763. The molecule has 0 aromatic rings. The summed E-state index contributed by atoms with van der Waals surface area (Å²) in [5, 5.41) is 10.5. The van der Waals surface area contributed by atoms with Crippen LogP contribution in [0.3, 0.4) is 0 Å². The summed E-state index contributed by atoms with van der Waals surface area (Å²) in [6.07, 6.45) is 36.4. The van der Waals surface area contributed by atoms with E-state index in [0.29, 0.717) is 31.6 Å². The number of carbonyl (C=O) groups is 4. The fraction of sp³-hybridized carbons (Fsp3) is 0.939. The molecule has 0 spiro atoms. The number of ether oxygens (including phenoxy) is 4. The topological polar surface area (TPSA) is 237 Å². The summed E-state index contributed by atoms with van der Waals surface area (Å²) in [6, 6.07) is 0. The fourth-order valence-electron chi connectivity index (χ4n) is 9.75. The number of carbonyl (C=O) groups excluding carboxylic acids is 4. The maximum atomic E-state index is 13.0. The Morgan fingerprint density at radius 1 is 0.329 bits per heavy atom. The minimum atomic E-state index is -4.95. The van der Waals surface area contributed by atoms with E-state index in [9.17, 15) is 43.2 Å². The molecule has 19 heteroatoms. The maximum absolute atomic E-state index is 13.0. The Morgan fingerprint density at radius 2 is 0.565 bits per heavy atom. The number of aliphatic hydroxyl groups is 1. The van der Waals surface area contributed by atoms with Gasteiger partial charge in [0.15, 0.2) is 12.2 Å². The van der Waals surface area contributed by atoms with Gasteiger partial charge >= 0.3 is 39.5 Å². The van der Waals surface area contributed by atoms with Crippen molar-refractivity contribution in [3.8, 4) is 0 Å². The smallest absolute Gasteiger partial charge is 0.462 e. The molecule has 0 heterocycles. The van der Waals surface area contributed by atoms with Crippen molar-refractivity contribution in [2.45, 2.75) is 337 Å². The highest BCUT2D eigenvalue weighted by atomic mass is 31.2. The predicted molar refractivity (Wildman–Crippen MR) is 340 cm³/mol. The van der Waals surface area contributed by atoms with Crippen molar-refractivity contribution in [1.82, 2.24) is 0 Å². The minimum Gasteiger partial charge on any atom is -0.462 e. The number of hydrogen-bond acceptors (Lipinski definition) is 15. The molecule has 0 bridgehead atoms. The van der Waals surface area contributed by atoms with E-state index in [2.05, 4.69) is 55.4 Å². The molecule has 0 fully saturated rings. The largest absolute Gasteiger partial charge is 0.472 e. The van der Waals surface area contributed by atoms with Crippen LogP contribution in [0.4, 0.5) is 0 Å². The third kappa shape index (κ3) is 59.5. The number of aliphatic hydroxyl groups excluding tert-OH is 1. The van der Waals surface area contributed by atoms with Crippen LogP contribution in [0.1, 0.15) is 319 Å². The van der Waals surface area contributed by atoms with Gasteiger partial charge in [0.05, 0.1) is 26.4 Å². The first kappa shape index (κ1) is 83.1. The van der Waals surface area contributed by atoms with Gasteiger partial charge in [-0.3, -0.25) is 37.3 Å². The van der Waals surface area contributed by atoms with Crippen LogP contribution in [0.15, 0.2) is 0 Å². The van der Waals surface area contributed by atoms with Crippen molar-refractivity contribution in [2.75, 3.05) is 39.6 Å². The zero-order valence-electron chi connectivity index (χ0n) is 55.2. The zero-order valence-corrected chi connectivity index (χ0v) is 57.0. The van der Waals surface area contributed by atoms with Crippen LogP contribution in [0.2, 0.25) is 0 Å². The normalized spacial score (nSPS) is 14.7. The second-order valence-corrected chi connectivity index (χ2v) is 28.4. The van der Waals surface area contributed by atoms with E-state index in [1.807, 2.05) is 0 Å². The number of unbranched alkanes of at least 4 members (excludes halogenated alkanes) is 28. The first-order chi connectivity index (χ1) is 40.6. The molecule has 0 saturated heterocycles. The van der Waals surface area contributed by atoms with Gasteiger partial charge in [-0.25, -0.2) is 9.13 Å². The van der Waals surface area contributed by atoms with Gasteiger partial charge in [-0.1, -0.05) is 267 Å². The monoisotopic (exact) mass is 1250 g/mol. The summed E-state index contributed by atoms with van der Waals surface area (Å²) in [6.45, 7) is 14.0. The van der Waals surface area contributed by atoms with Gasteiger partial charge in [-0.15, -0.1) is 0 Å². The Labute approximate surface area is 517 Å². The fourth-order valence-corrected chi connectivity index (χ4v) is 11.3. The summed E-state index contributed by atoms with van der Waals surface area (Å²) in [7, 11) is -9.89. The zero-order chi connectivity index (χ0) is 63.2. The van der Waals surface area contributed by atoms with E-state index in [1.54, 1.807) is 0 Å². The molecule has 0 aliphatic heterocycles. The Morgan fingerprint density at radius 3 is 0.835 bits per heavy atom. The molecule has 0 aromatic carbocycles. The van der Waals surface area contributed by atoms with Crippen LogP contribution in [0, 0.1) is 23.7 Å². The van der Waals surface area contributed by atoms with Crippen LogP contribution in [0.25, 0.3) is 0 Å². The van der Waals surface area contributed by atoms with Crippen molar-refractivity contribution < 1.29 is 80.2 Å². The number of hydrogen-bond donors (Lipinski definition) is 3. The van der Waals surface area contributed by atoms with Crippen LogP contribution in [0.5, 0.6) is 0 Å². The van der Waals surface area contributed by atoms with Crippen LogP contribution in [-0.2, 0) is 65.4 Å². The Balaban J connectivity index is 5.24. The highest BCUT2D eigenvalue weighted by Crippen LogP contribution is 2.45. The third-order valence-electron chi connectivity index (χ3n) is 15.4. The van der Waals surface area contributed by atoms with Gasteiger partial charge < -0.3 is 33.8 Å². The van der Waals surface area contributed by atoms with Crippen molar-refractivity contribution >= 4 is 39.5 Å². The minimum absolute atomic E-state index is 0.101. The van der Waals surface area contributed by atoms with E-state index >= 15 is 0 Å². The Hall–Kier alpha value is -1.94. The van der Waals surface area contributed by atoms with Crippen molar-refractivity contribution in [1.29, 1.82) is 0 Å². The van der Waals surface area contributed by atoms with Crippen molar-refractivity contribution in [3.63, 3.8) is 0 Å². The lowest BCUT2D eigenvalue weighted by molar-refractivity contribution is -0.161. The average molecular weight is 1260 g/mol. The number of phosphoric acid groups is 2. The molecule has 0 radical (unpaired) electrons. The lowest BCUT2D eigenvalue weighted by Gasteiger charge is -2.21. The molecule has 6 atom stereocenters. The second-order valence-electron chi connectivity index (χ2n) is 25.5. The van der Waals surface area contributed by atoms with Crippen LogP contribution >= 0.6 is 15.6 Å². The van der Waals surface area contributed by atoms with Gasteiger partial charge in [0.2, 0.25) is 0 Å². The third-order valence-corrected chi connectivity index (χ3v) is 17.3. The highest BCUT2D eigenvalue weighted by molar-refractivity contribution is 7.47. The van der Waals surface area contributed by atoms with E-state index in [-0.39, 0.29) is 25.7 Å². The molecular formula is C66H128O17P2. The molecule has 0 aliphatic carbocycles. The van der Waals surface area contributed by atoms with Crippen LogP contribution in [-0.4, -0.2) is 96.7 Å².